The van der Waals surface area contributed by atoms with Crippen LogP contribution in [0.1, 0.15) is 37.3 Å². The molecule has 0 fully saturated rings. The Morgan fingerprint density at radius 1 is 1.00 bits per heavy atom. The van der Waals surface area contributed by atoms with Crippen LogP contribution in [-0.4, -0.2) is 11.9 Å². The van der Waals surface area contributed by atoms with Gasteiger partial charge in [-0.3, -0.25) is 0 Å². The smallest absolute Gasteiger partial charge is 0.231 e. The van der Waals surface area contributed by atoms with Gasteiger partial charge in [-0.15, -0.1) is 0 Å². The van der Waals surface area contributed by atoms with Crippen LogP contribution in [0.4, 0.5) is 0 Å². The van der Waals surface area contributed by atoms with Gasteiger partial charge in [0.2, 0.25) is 6.79 Å². The zero-order chi connectivity index (χ0) is 15.4. The Kier molecular flexibility index (Phi) is 4.64. The van der Waals surface area contributed by atoms with Gasteiger partial charge < -0.3 is 14.6 Å². The molecule has 3 nitrogen and oxygen atoms in total. The van der Waals surface area contributed by atoms with E-state index in [1.807, 2.05) is 12.1 Å². The van der Waals surface area contributed by atoms with Gasteiger partial charge in [0.1, 0.15) is 0 Å². The van der Waals surface area contributed by atoms with Crippen LogP contribution in [-0.2, 0) is 13.0 Å². The topological polar surface area (TPSA) is 38.7 Å². The van der Waals surface area contributed by atoms with Crippen LogP contribution in [0.3, 0.4) is 0 Å². The maximum Gasteiger partial charge on any atom is 0.231 e. The number of hydrogen-bond acceptors (Lipinski definition) is 3. The first-order chi connectivity index (χ1) is 10.8. The average Bonchev–Trinajstić information content (AvgIpc) is 3.02. The third kappa shape index (κ3) is 3.09. The van der Waals surface area contributed by atoms with Gasteiger partial charge in [-0.05, 0) is 47.2 Å². The molecule has 0 aliphatic carbocycles. The van der Waals surface area contributed by atoms with E-state index in [2.05, 4.69) is 31.2 Å². The predicted octanol–water partition coefficient (Wildman–Crippen LogP) is 4.31. The molecule has 0 aromatic heterocycles. The molecule has 3 rings (SSSR count). The second-order valence-electron chi connectivity index (χ2n) is 5.67. The number of benzene rings is 2. The van der Waals surface area contributed by atoms with Gasteiger partial charge in [-0.25, -0.2) is 0 Å². The van der Waals surface area contributed by atoms with E-state index in [0.29, 0.717) is 5.75 Å². The predicted molar refractivity (Wildman–Crippen MR) is 87.2 cm³/mol. The summed E-state index contributed by atoms with van der Waals surface area (Å²) in [5.41, 5.74) is 4.33. The normalized spacial score (nSPS) is 12.6. The van der Waals surface area contributed by atoms with Crippen molar-refractivity contribution in [3.8, 4) is 22.6 Å². The Bertz CT molecular complexity index is 632. The molecule has 1 N–H and O–H groups in total. The fraction of sp³-hybridized carbons (Fsp3) is 0.368. The minimum Gasteiger partial charge on any atom is -0.454 e. The van der Waals surface area contributed by atoms with E-state index in [1.165, 1.54) is 24.8 Å². The van der Waals surface area contributed by atoms with E-state index in [-0.39, 0.29) is 13.4 Å². The number of unbranched alkanes of at least 4 members (excludes halogenated alkanes) is 2. The number of aryl methyl sites for hydroxylation is 1. The number of aliphatic hydroxyl groups excluding tert-OH is 1. The molecule has 0 spiro atoms. The van der Waals surface area contributed by atoms with E-state index >= 15 is 0 Å². The number of aliphatic hydroxyl groups is 1. The molecule has 0 bridgehead atoms. The zero-order valence-electron chi connectivity index (χ0n) is 13.0. The van der Waals surface area contributed by atoms with Crippen molar-refractivity contribution < 1.29 is 14.6 Å². The molecule has 1 heterocycles. The van der Waals surface area contributed by atoms with E-state index in [1.54, 1.807) is 0 Å². The van der Waals surface area contributed by atoms with Crippen molar-refractivity contribution in [2.24, 2.45) is 0 Å². The molecule has 0 amide bonds. The Labute approximate surface area is 131 Å². The monoisotopic (exact) mass is 298 g/mol. The Morgan fingerprint density at radius 3 is 2.41 bits per heavy atom. The maximum atomic E-state index is 9.61. The van der Waals surface area contributed by atoms with Crippen molar-refractivity contribution in [1.29, 1.82) is 0 Å². The molecular formula is C19H22O3. The number of ether oxygens (including phenoxy) is 2. The molecule has 1 aliphatic heterocycles. The fourth-order valence-electron chi connectivity index (χ4n) is 2.81. The second kappa shape index (κ2) is 6.84. The van der Waals surface area contributed by atoms with Crippen LogP contribution in [0.25, 0.3) is 11.1 Å². The third-order valence-corrected chi connectivity index (χ3v) is 4.10. The molecule has 3 heteroatoms. The van der Waals surface area contributed by atoms with Gasteiger partial charge >= 0.3 is 0 Å². The molecule has 0 saturated carbocycles. The number of hydrogen-bond donors (Lipinski definition) is 1. The standard InChI is InChI=1S/C19H22O3/c1-2-3-4-5-14-6-8-15(9-7-14)17-11-19-18(21-13-22-19)10-16(17)12-20/h6-11,20H,2-5,12-13H2,1H3. The Hall–Kier alpha value is -2.00. The van der Waals surface area contributed by atoms with Gasteiger partial charge in [0.15, 0.2) is 11.5 Å². The Balaban J connectivity index is 1.84. The van der Waals surface area contributed by atoms with Crippen LogP contribution in [0.5, 0.6) is 11.5 Å². The summed E-state index contributed by atoms with van der Waals surface area (Å²) in [6, 6.07) is 12.4. The van der Waals surface area contributed by atoms with Gasteiger partial charge in [0.25, 0.3) is 0 Å². The van der Waals surface area contributed by atoms with Crippen LogP contribution in [0, 0.1) is 0 Å². The number of rotatable bonds is 6. The van der Waals surface area contributed by atoms with Crippen LogP contribution < -0.4 is 9.47 Å². The third-order valence-electron chi connectivity index (χ3n) is 4.10. The molecular weight excluding hydrogens is 276 g/mol. The summed E-state index contributed by atoms with van der Waals surface area (Å²) in [5, 5.41) is 9.61. The van der Waals surface area contributed by atoms with Crippen molar-refractivity contribution in [3.63, 3.8) is 0 Å². The van der Waals surface area contributed by atoms with E-state index in [9.17, 15) is 5.11 Å². The van der Waals surface area contributed by atoms with Gasteiger partial charge in [-0.2, -0.15) is 0 Å². The highest BCUT2D eigenvalue weighted by atomic mass is 16.7. The number of fused-ring (bicyclic) bond motifs is 1. The zero-order valence-corrected chi connectivity index (χ0v) is 13.0. The lowest BCUT2D eigenvalue weighted by Gasteiger charge is -2.10. The maximum absolute atomic E-state index is 9.61. The van der Waals surface area contributed by atoms with Gasteiger partial charge in [-0.1, -0.05) is 44.0 Å². The fourth-order valence-corrected chi connectivity index (χ4v) is 2.81. The average molecular weight is 298 g/mol. The first kappa shape index (κ1) is 14.9. The summed E-state index contributed by atoms with van der Waals surface area (Å²) in [7, 11) is 0. The van der Waals surface area contributed by atoms with Crippen molar-refractivity contribution in [2.45, 2.75) is 39.2 Å². The van der Waals surface area contributed by atoms with Crippen LogP contribution in [0.15, 0.2) is 36.4 Å². The van der Waals surface area contributed by atoms with Crippen molar-refractivity contribution in [3.05, 3.63) is 47.5 Å². The second-order valence-corrected chi connectivity index (χ2v) is 5.67. The Morgan fingerprint density at radius 2 is 1.73 bits per heavy atom. The molecule has 1 aliphatic rings. The van der Waals surface area contributed by atoms with E-state index in [0.717, 1.165) is 28.9 Å². The molecule has 0 radical (unpaired) electrons. The minimum absolute atomic E-state index is 0.00970. The summed E-state index contributed by atoms with van der Waals surface area (Å²) in [4.78, 5) is 0. The lowest BCUT2D eigenvalue weighted by Crippen LogP contribution is -1.92. The summed E-state index contributed by atoms with van der Waals surface area (Å²) in [6.07, 6.45) is 4.89. The molecule has 0 atom stereocenters. The van der Waals surface area contributed by atoms with Gasteiger partial charge in [0.05, 0.1) is 6.61 Å². The highest BCUT2D eigenvalue weighted by molar-refractivity contribution is 5.71. The molecule has 0 saturated heterocycles. The largest absolute Gasteiger partial charge is 0.454 e. The lowest BCUT2D eigenvalue weighted by molar-refractivity contribution is 0.174. The lowest BCUT2D eigenvalue weighted by atomic mass is 9.97. The molecule has 22 heavy (non-hydrogen) atoms. The van der Waals surface area contributed by atoms with E-state index < -0.39 is 0 Å². The minimum atomic E-state index is -0.00970. The van der Waals surface area contributed by atoms with Gasteiger partial charge in [0, 0.05) is 0 Å². The van der Waals surface area contributed by atoms with Crippen LogP contribution >= 0.6 is 0 Å². The SMILES string of the molecule is CCCCCc1ccc(-c2cc3c(cc2CO)OCO3)cc1. The molecule has 2 aromatic carbocycles. The van der Waals surface area contributed by atoms with Crippen molar-refractivity contribution >= 4 is 0 Å². The van der Waals surface area contributed by atoms with Crippen molar-refractivity contribution in [2.75, 3.05) is 6.79 Å². The first-order valence-electron chi connectivity index (χ1n) is 7.94. The molecule has 0 unspecified atom stereocenters. The summed E-state index contributed by atoms with van der Waals surface area (Å²) < 4.78 is 10.8. The quantitative estimate of drug-likeness (QED) is 0.808. The highest BCUT2D eigenvalue weighted by Crippen LogP contribution is 2.38. The van der Waals surface area contributed by atoms with Crippen molar-refractivity contribution in [1.82, 2.24) is 0 Å². The summed E-state index contributed by atoms with van der Waals surface area (Å²) in [6.45, 7) is 2.46. The molecule has 2 aromatic rings. The highest BCUT2D eigenvalue weighted by Gasteiger charge is 2.17. The molecule has 116 valence electrons. The summed E-state index contributed by atoms with van der Waals surface area (Å²) >= 11 is 0. The summed E-state index contributed by atoms with van der Waals surface area (Å²) in [5.74, 6) is 1.46. The first-order valence-corrected chi connectivity index (χ1v) is 7.94. The van der Waals surface area contributed by atoms with Crippen LogP contribution in [0.2, 0.25) is 0 Å². The van der Waals surface area contributed by atoms with E-state index in [4.69, 9.17) is 9.47 Å².